The summed E-state index contributed by atoms with van der Waals surface area (Å²) in [6, 6.07) is 7.87. The van der Waals surface area contributed by atoms with Crippen LogP contribution in [-0.2, 0) is 4.79 Å². The molecule has 0 aromatic heterocycles. The fraction of sp³-hybridized carbons (Fsp3) is 0.500. The van der Waals surface area contributed by atoms with Crippen molar-refractivity contribution in [2.75, 3.05) is 13.1 Å². The first-order valence-electron chi connectivity index (χ1n) is 7.43. The zero-order valence-corrected chi connectivity index (χ0v) is 13.2. The van der Waals surface area contributed by atoms with E-state index in [0.29, 0.717) is 12.0 Å². The van der Waals surface area contributed by atoms with E-state index in [9.17, 15) is 22.8 Å². The van der Waals surface area contributed by atoms with Gasteiger partial charge in [-0.25, -0.2) is 0 Å². The summed E-state index contributed by atoms with van der Waals surface area (Å²) in [4.78, 5) is 24.7. The molecule has 0 saturated heterocycles. The van der Waals surface area contributed by atoms with Crippen molar-refractivity contribution < 1.29 is 22.8 Å². The quantitative estimate of drug-likeness (QED) is 0.835. The Hall–Kier alpha value is -2.05. The van der Waals surface area contributed by atoms with Crippen LogP contribution >= 0.6 is 0 Å². The van der Waals surface area contributed by atoms with Crippen LogP contribution in [0, 0.1) is 0 Å². The number of hydrogen-bond donors (Lipinski definition) is 1. The van der Waals surface area contributed by atoms with Crippen molar-refractivity contribution in [1.29, 1.82) is 0 Å². The third-order valence-corrected chi connectivity index (χ3v) is 3.11. The highest BCUT2D eigenvalue weighted by Crippen LogP contribution is 2.17. The first kappa shape index (κ1) is 19.0. The second-order valence-electron chi connectivity index (χ2n) is 5.38. The maximum absolute atomic E-state index is 12.5. The lowest BCUT2D eigenvalue weighted by Crippen LogP contribution is -2.43. The Balaban J connectivity index is 2.58. The normalized spacial score (nSPS) is 12.6. The molecule has 7 heteroatoms. The SMILES string of the molecule is CCCN(CC(F)(F)F)C(=O)C[C@@H](C)NC(=O)c1ccccc1. The highest BCUT2D eigenvalue weighted by atomic mass is 19.4. The molecule has 0 aliphatic heterocycles. The van der Waals surface area contributed by atoms with E-state index in [-0.39, 0.29) is 18.9 Å². The molecule has 1 aromatic carbocycles. The van der Waals surface area contributed by atoms with Crippen LogP contribution in [-0.4, -0.2) is 42.0 Å². The summed E-state index contributed by atoms with van der Waals surface area (Å²) in [7, 11) is 0. The van der Waals surface area contributed by atoms with E-state index in [0.717, 1.165) is 4.90 Å². The van der Waals surface area contributed by atoms with Gasteiger partial charge in [0.2, 0.25) is 5.91 Å². The van der Waals surface area contributed by atoms with Crippen LogP contribution in [0.15, 0.2) is 30.3 Å². The third-order valence-electron chi connectivity index (χ3n) is 3.11. The van der Waals surface area contributed by atoms with E-state index in [1.54, 1.807) is 44.2 Å². The number of alkyl halides is 3. The fourth-order valence-corrected chi connectivity index (χ4v) is 2.12. The van der Waals surface area contributed by atoms with Crippen molar-refractivity contribution in [1.82, 2.24) is 10.2 Å². The first-order valence-corrected chi connectivity index (χ1v) is 7.43. The third kappa shape index (κ3) is 7.17. The average Bonchev–Trinajstić information content (AvgIpc) is 2.46. The Morgan fingerprint density at radius 2 is 1.83 bits per heavy atom. The molecular weight excluding hydrogens is 309 g/mol. The number of carbonyl (C=O) groups is 2. The zero-order chi connectivity index (χ0) is 17.5. The Morgan fingerprint density at radius 1 is 1.22 bits per heavy atom. The van der Waals surface area contributed by atoms with Crippen LogP contribution in [0.4, 0.5) is 13.2 Å². The van der Waals surface area contributed by atoms with Gasteiger partial charge in [-0.2, -0.15) is 13.2 Å². The minimum absolute atomic E-state index is 0.0394. The molecule has 0 unspecified atom stereocenters. The number of rotatable bonds is 7. The molecular formula is C16H21F3N2O2. The molecule has 0 spiro atoms. The summed E-state index contributed by atoms with van der Waals surface area (Å²) in [5.74, 6) is -0.978. The van der Waals surface area contributed by atoms with Crippen molar-refractivity contribution in [3.63, 3.8) is 0 Å². The molecule has 2 amide bonds. The van der Waals surface area contributed by atoms with Crippen molar-refractivity contribution >= 4 is 11.8 Å². The van der Waals surface area contributed by atoms with Gasteiger partial charge in [0, 0.05) is 24.6 Å². The smallest absolute Gasteiger partial charge is 0.349 e. The predicted octanol–water partition coefficient (Wildman–Crippen LogP) is 3.00. The number of carbonyl (C=O) groups excluding carboxylic acids is 2. The van der Waals surface area contributed by atoms with Crippen molar-refractivity contribution in [2.45, 2.75) is 38.9 Å². The summed E-state index contributed by atoms with van der Waals surface area (Å²) in [5, 5.41) is 2.62. The molecule has 0 aliphatic rings. The zero-order valence-electron chi connectivity index (χ0n) is 13.2. The van der Waals surface area contributed by atoms with Crippen LogP contribution < -0.4 is 5.32 Å². The van der Waals surface area contributed by atoms with Gasteiger partial charge in [0.25, 0.3) is 5.91 Å². The van der Waals surface area contributed by atoms with E-state index in [1.165, 1.54) is 0 Å². The van der Waals surface area contributed by atoms with E-state index in [1.807, 2.05) is 0 Å². The number of hydrogen-bond acceptors (Lipinski definition) is 2. The van der Waals surface area contributed by atoms with Gasteiger partial charge in [-0.1, -0.05) is 25.1 Å². The van der Waals surface area contributed by atoms with Crippen molar-refractivity contribution in [2.24, 2.45) is 0 Å². The topological polar surface area (TPSA) is 49.4 Å². The number of amides is 2. The van der Waals surface area contributed by atoms with Crippen molar-refractivity contribution in [3.05, 3.63) is 35.9 Å². The van der Waals surface area contributed by atoms with Crippen LogP contribution in [0.2, 0.25) is 0 Å². The van der Waals surface area contributed by atoms with Gasteiger partial charge in [0.1, 0.15) is 6.54 Å². The average molecular weight is 330 g/mol. The van der Waals surface area contributed by atoms with Crippen LogP contribution in [0.3, 0.4) is 0 Å². The van der Waals surface area contributed by atoms with E-state index in [4.69, 9.17) is 0 Å². The molecule has 0 fully saturated rings. The molecule has 0 bridgehead atoms. The lowest BCUT2D eigenvalue weighted by Gasteiger charge is -2.25. The van der Waals surface area contributed by atoms with E-state index < -0.39 is 24.7 Å². The summed E-state index contributed by atoms with van der Waals surface area (Å²) in [6.07, 6.45) is -4.16. The maximum atomic E-state index is 12.5. The Labute approximate surface area is 133 Å². The lowest BCUT2D eigenvalue weighted by molar-refractivity contribution is -0.161. The number of benzene rings is 1. The first-order chi connectivity index (χ1) is 10.7. The van der Waals surface area contributed by atoms with Gasteiger partial charge < -0.3 is 10.2 Å². The van der Waals surface area contributed by atoms with Gasteiger partial charge in [-0.3, -0.25) is 9.59 Å². The fourth-order valence-electron chi connectivity index (χ4n) is 2.12. The van der Waals surface area contributed by atoms with Gasteiger partial charge >= 0.3 is 6.18 Å². The molecule has 0 aliphatic carbocycles. The summed E-state index contributed by atoms with van der Waals surface area (Å²) in [6.45, 7) is 2.07. The van der Waals surface area contributed by atoms with Gasteiger partial charge in [0.05, 0.1) is 0 Å². The molecule has 4 nitrogen and oxygen atoms in total. The number of halogens is 3. The minimum Gasteiger partial charge on any atom is -0.349 e. The predicted molar refractivity (Wildman–Crippen MR) is 80.9 cm³/mol. The van der Waals surface area contributed by atoms with E-state index in [2.05, 4.69) is 5.32 Å². The summed E-state index contributed by atoms with van der Waals surface area (Å²) >= 11 is 0. The minimum atomic E-state index is -4.43. The van der Waals surface area contributed by atoms with Crippen LogP contribution in [0.25, 0.3) is 0 Å². The van der Waals surface area contributed by atoms with Gasteiger partial charge in [-0.05, 0) is 25.5 Å². The number of nitrogens with zero attached hydrogens (tertiary/aromatic N) is 1. The molecule has 0 saturated carbocycles. The largest absolute Gasteiger partial charge is 0.406 e. The van der Waals surface area contributed by atoms with Crippen LogP contribution in [0.5, 0.6) is 0 Å². The lowest BCUT2D eigenvalue weighted by atomic mass is 10.1. The molecule has 0 heterocycles. The highest BCUT2D eigenvalue weighted by Gasteiger charge is 2.32. The standard InChI is InChI=1S/C16H21F3N2O2/c1-3-9-21(11-16(17,18)19)14(22)10-12(2)20-15(23)13-7-5-4-6-8-13/h4-8,12H,3,9-11H2,1-2H3,(H,20,23)/t12-/m1/s1. The number of nitrogens with one attached hydrogen (secondary N) is 1. The molecule has 0 radical (unpaired) electrons. The van der Waals surface area contributed by atoms with Crippen LogP contribution in [0.1, 0.15) is 37.0 Å². The monoisotopic (exact) mass is 330 g/mol. The van der Waals surface area contributed by atoms with Gasteiger partial charge in [-0.15, -0.1) is 0 Å². The second-order valence-corrected chi connectivity index (χ2v) is 5.38. The molecule has 23 heavy (non-hydrogen) atoms. The van der Waals surface area contributed by atoms with E-state index >= 15 is 0 Å². The summed E-state index contributed by atoms with van der Waals surface area (Å²) < 4.78 is 37.5. The van der Waals surface area contributed by atoms with Gasteiger partial charge in [0.15, 0.2) is 0 Å². The van der Waals surface area contributed by atoms with Crippen molar-refractivity contribution in [3.8, 4) is 0 Å². The Bertz CT molecular complexity index is 518. The summed E-state index contributed by atoms with van der Waals surface area (Å²) in [5.41, 5.74) is 0.438. The molecule has 1 atom stereocenters. The Kier molecular flexibility index (Phi) is 7.06. The highest BCUT2D eigenvalue weighted by molar-refractivity contribution is 5.94. The Morgan fingerprint density at radius 3 is 2.35 bits per heavy atom. The molecule has 1 aromatic rings. The maximum Gasteiger partial charge on any atom is 0.406 e. The molecule has 128 valence electrons. The molecule has 1 rings (SSSR count). The molecule has 1 N–H and O–H groups in total. The second kappa shape index (κ2) is 8.55.